The van der Waals surface area contributed by atoms with Crippen molar-refractivity contribution in [3.05, 3.63) is 17.5 Å². The number of carbonyl (C=O) groups is 1. The summed E-state index contributed by atoms with van der Waals surface area (Å²) >= 11 is 0. The molecule has 0 aromatic carbocycles. The van der Waals surface area contributed by atoms with Gasteiger partial charge in [0.25, 0.3) is 0 Å². The molecule has 0 bridgehead atoms. The van der Waals surface area contributed by atoms with E-state index < -0.39 is 5.97 Å². The highest BCUT2D eigenvalue weighted by Gasteiger charge is 2.15. The average Bonchev–Trinajstić information content (AvgIpc) is 2.57. The fourth-order valence-corrected chi connectivity index (χ4v) is 1.21. The van der Waals surface area contributed by atoms with Crippen LogP contribution in [0.25, 0.3) is 0 Å². The molecule has 1 N–H and O–H groups in total. The molecule has 0 atom stereocenters. The Labute approximate surface area is 82.3 Å². The van der Waals surface area contributed by atoms with E-state index in [0.29, 0.717) is 25.5 Å². The van der Waals surface area contributed by atoms with Gasteiger partial charge in [0.1, 0.15) is 5.56 Å². The topological polar surface area (TPSA) is 64.3 Å². The van der Waals surface area contributed by atoms with Gasteiger partial charge in [-0.05, 0) is 13.8 Å². The molecule has 0 saturated heterocycles. The Kier molecular flexibility index (Phi) is 3.64. The minimum Gasteiger partial charge on any atom is -0.478 e. The zero-order valence-corrected chi connectivity index (χ0v) is 8.36. The zero-order chi connectivity index (χ0) is 10.6. The van der Waals surface area contributed by atoms with Gasteiger partial charge < -0.3 is 9.84 Å². The van der Waals surface area contributed by atoms with Crippen LogP contribution in [0.1, 0.15) is 29.9 Å². The fraction of sp³-hybridized carbons (Fsp3) is 0.556. The van der Waals surface area contributed by atoms with Crippen molar-refractivity contribution in [1.82, 2.24) is 9.78 Å². The van der Waals surface area contributed by atoms with Gasteiger partial charge in [-0.2, -0.15) is 5.10 Å². The maximum absolute atomic E-state index is 10.8. The number of aryl methyl sites for hydroxylation is 1. The third-order valence-electron chi connectivity index (χ3n) is 1.92. The standard InChI is InChI=1S/C9H14N2O3/c1-3-11-8(6-14-4-2)7(5-10-11)9(12)13/h5H,3-4,6H2,1-2H3,(H,12,13). The van der Waals surface area contributed by atoms with Crippen molar-refractivity contribution in [1.29, 1.82) is 0 Å². The number of aromatic nitrogens is 2. The lowest BCUT2D eigenvalue weighted by Crippen LogP contribution is -2.08. The third-order valence-corrected chi connectivity index (χ3v) is 1.92. The molecule has 14 heavy (non-hydrogen) atoms. The molecule has 0 aliphatic rings. The first-order valence-corrected chi connectivity index (χ1v) is 4.56. The van der Waals surface area contributed by atoms with Gasteiger partial charge in [-0.1, -0.05) is 0 Å². The molecular formula is C9H14N2O3. The molecule has 5 heteroatoms. The summed E-state index contributed by atoms with van der Waals surface area (Å²) < 4.78 is 6.83. The van der Waals surface area contributed by atoms with E-state index in [1.54, 1.807) is 4.68 Å². The summed E-state index contributed by atoms with van der Waals surface area (Å²) in [4.78, 5) is 10.8. The van der Waals surface area contributed by atoms with Crippen LogP contribution >= 0.6 is 0 Å². The second-order valence-electron chi connectivity index (χ2n) is 2.76. The Bertz CT molecular complexity index is 320. The van der Waals surface area contributed by atoms with Crippen molar-refractivity contribution >= 4 is 5.97 Å². The quantitative estimate of drug-likeness (QED) is 0.770. The molecular weight excluding hydrogens is 184 g/mol. The van der Waals surface area contributed by atoms with E-state index >= 15 is 0 Å². The lowest BCUT2D eigenvalue weighted by atomic mass is 10.2. The van der Waals surface area contributed by atoms with Gasteiger partial charge in [-0.3, -0.25) is 4.68 Å². The monoisotopic (exact) mass is 198 g/mol. The Morgan fingerprint density at radius 1 is 1.64 bits per heavy atom. The molecule has 1 aromatic rings. The van der Waals surface area contributed by atoms with E-state index in [-0.39, 0.29) is 5.56 Å². The zero-order valence-electron chi connectivity index (χ0n) is 8.36. The van der Waals surface area contributed by atoms with Gasteiger partial charge in [-0.15, -0.1) is 0 Å². The summed E-state index contributed by atoms with van der Waals surface area (Å²) in [5, 5.41) is 12.8. The average molecular weight is 198 g/mol. The molecule has 5 nitrogen and oxygen atoms in total. The van der Waals surface area contributed by atoms with Crippen molar-refractivity contribution < 1.29 is 14.6 Å². The SMILES string of the molecule is CCOCc1c(C(=O)O)cnn1CC. The van der Waals surface area contributed by atoms with Crippen LogP contribution in [0, 0.1) is 0 Å². The molecule has 0 radical (unpaired) electrons. The van der Waals surface area contributed by atoms with E-state index in [1.807, 2.05) is 13.8 Å². The Hall–Kier alpha value is -1.36. The van der Waals surface area contributed by atoms with E-state index in [0.717, 1.165) is 0 Å². The lowest BCUT2D eigenvalue weighted by Gasteiger charge is -2.05. The van der Waals surface area contributed by atoms with Gasteiger partial charge >= 0.3 is 5.97 Å². The van der Waals surface area contributed by atoms with Crippen LogP contribution in [0.2, 0.25) is 0 Å². The van der Waals surface area contributed by atoms with E-state index in [4.69, 9.17) is 9.84 Å². The smallest absolute Gasteiger partial charge is 0.339 e. The predicted octanol–water partition coefficient (Wildman–Crippen LogP) is 1.14. The van der Waals surface area contributed by atoms with E-state index in [1.165, 1.54) is 6.20 Å². The van der Waals surface area contributed by atoms with Crippen molar-refractivity contribution in [3.63, 3.8) is 0 Å². The molecule has 1 aromatic heterocycles. The summed E-state index contributed by atoms with van der Waals surface area (Å²) in [7, 11) is 0. The molecule has 78 valence electrons. The summed E-state index contributed by atoms with van der Waals surface area (Å²) in [6.07, 6.45) is 1.36. The number of hydrogen-bond donors (Lipinski definition) is 1. The Morgan fingerprint density at radius 2 is 2.36 bits per heavy atom. The molecule has 1 rings (SSSR count). The highest BCUT2D eigenvalue weighted by Crippen LogP contribution is 2.10. The van der Waals surface area contributed by atoms with Crippen LogP contribution in [-0.2, 0) is 17.9 Å². The van der Waals surface area contributed by atoms with Crippen molar-refractivity contribution in [2.24, 2.45) is 0 Å². The van der Waals surface area contributed by atoms with Crippen LogP contribution in [0.3, 0.4) is 0 Å². The van der Waals surface area contributed by atoms with Crippen molar-refractivity contribution in [2.45, 2.75) is 27.0 Å². The Morgan fingerprint density at radius 3 is 2.86 bits per heavy atom. The number of hydrogen-bond acceptors (Lipinski definition) is 3. The molecule has 0 aliphatic carbocycles. The Balaban J connectivity index is 2.93. The molecule has 1 heterocycles. The normalized spacial score (nSPS) is 10.4. The predicted molar refractivity (Wildman–Crippen MR) is 50.2 cm³/mol. The first kappa shape index (κ1) is 10.7. The van der Waals surface area contributed by atoms with Gasteiger partial charge in [0.15, 0.2) is 0 Å². The minimum absolute atomic E-state index is 0.223. The molecule has 0 amide bonds. The summed E-state index contributed by atoms with van der Waals surface area (Å²) in [6.45, 7) is 5.29. The van der Waals surface area contributed by atoms with Crippen molar-refractivity contribution in [3.8, 4) is 0 Å². The van der Waals surface area contributed by atoms with Crippen LogP contribution in [0.5, 0.6) is 0 Å². The van der Waals surface area contributed by atoms with Crippen molar-refractivity contribution in [2.75, 3.05) is 6.61 Å². The highest BCUT2D eigenvalue weighted by molar-refractivity contribution is 5.88. The van der Waals surface area contributed by atoms with Crippen LogP contribution in [-0.4, -0.2) is 27.5 Å². The number of carboxylic acids is 1. The minimum atomic E-state index is -0.959. The number of carboxylic acid groups (broad SMARTS) is 1. The summed E-state index contributed by atoms with van der Waals surface area (Å²) in [5.41, 5.74) is 0.849. The first-order valence-electron chi connectivity index (χ1n) is 4.56. The number of aromatic carboxylic acids is 1. The lowest BCUT2D eigenvalue weighted by molar-refractivity contribution is 0.0687. The van der Waals surface area contributed by atoms with Gasteiger partial charge in [-0.25, -0.2) is 4.79 Å². The molecule has 0 spiro atoms. The molecule has 0 unspecified atom stereocenters. The van der Waals surface area contributed by atoms with E-state index in [9.17, 15) is 4.79 Å². The van der Waals surface area contributed by atoms with E-state index in [2.05, 4.69) is 5.10 Å². The highest BCUT2D eigenvalue weighted by atomic mass is 16.5. The van der Waals surface area contributed by atoms with Gasteiger partial charge in [0.05, 0.1) is 18.5 Å². The van der Waals surface area contributed by atoms with Gasteiger partial charge in [0.2, 0.25) is 0 Å². The molecule has 0 aliphatic heterocycles. The molecule has 0 fully saturated rings. The van der Waals surface area contributed by atoms with Crippen LogP contribution in [0.4, 0.5) is 0 Å². The summed E-state index contributed by atoms with van der Waals surface area (Å²) in [5.74, 6) is -0.959. The number of ether oxygens (including phenoxy) is 1. The summed E-state index contributed by atoms with van der Waals surface area (Å²) in [6, 6.07) is 0. The second kappa shape index (κ2) is 4.76. The third kappa shape index (κ3) is 2.11. The van der Waals surface area contributed by atoms with Crippen LogP contribution in [0.15, 0.2) is 6.20 Å². The second-order valence-corrected chi connectivity index (χ2v) is 2.76. The largest absolute Gasteiger partial charge is 0.478 e. The fourth-order valence-electron chi connectivity index (χ4n) is 1.21. The molecule has 0 saturated carbocycles. The maximum Gasteiger partial charge on any atom is 0.339 e. The van der Waals surface area contributed by atoms with Gasteiger partial charge in [0, 0.05) is 13.2 Å². The number of rotatable bonds is 5. The first-order chi connectivity index (χ1) is 6.70. The maximum atomic E-state index is 10.8. The van der Waals surface area contributed by atoms with Crippen LogP contribution < -0.4 is 0 Å². The number of nitrogens with zero attached hydrogens (tertiary/aromatic N) is 2.